The zero-order valence-electron chi connectivity index (χ0n) is 44.8. The molecule has 6 heterocycles. The van der Waals surface area contributed by atoms with Crippen molar-refractivity contribution in [1.29, 1.82) is 0 Å². The number of aliphatic imine (C=N–C) groups is 1. The van der Waals surface area contributed by atoms with Gasteiger partial charge in [-0.15, -0.1) is 44.6 Å². The topological polar surface area (TPSA) is 301 Å². The van der Waals surface area contributed by atoms with E-state index in [-0.39, 0.29) is 30.9 Å². The van der Waals surface area contributed by atoms with Crippen molar-refractivity contribution >= 4 is 99.0 Å². The van der Waals surface area contributed by atoms with Gasteiger partial charge in [-0.2, -0.15) is 0 Å². The molecule has 0 spiro atoms. The number of nitrogens with zero attached hydrogens (tertiary/aromatic N) is 5. The van der Waals surface area contributed by atoms with Gasteiger partial charge in [-0.1, -0.05) is 68.8 Å². The molecule has 3 aliphatic rings. The van der Waals surface area contributed by atoms with Gasteiger partial charge >= 0.3 is 0 Å². The van der Waals surface area contributed by atoms with Crippen LogP contribution in [0.25, 0.3) is 15.4 Å². The van der Waals surface area contributed by atoms with Gasteiger partial charge < -0.3 is 47.6 Å². The van der Waals surface area contributed by atoms with E-state index in [1.165, 1.54) is 34.5 Å². The molecule has 8 rings (SSSR count). The van der Waals surface area contributed by atoms with E-state index in [9.17, 15) is 43.5 Å². The molecule has 3 aliphatic heterocycles. The number of thiophene rings is 2. The Morgan fingerprint density at radius 1 is 0.861 bits per heavy atom. The highest BCUT2D eigenvalue weighted by atomic mass is 35.5. The fourth-order valence-corrected chi connectivity index (χ4v) is 12.7. The molecule has 8 atom stereocenters. The zero-order chi connectivity index (χ0) is 57.2. The molecule has 25 heteroatoms. The predicted molar refractivity (Wildman–Crippen MR) is 302 cm³/mol. The largest absolute Gasteiger partial charge is 0.391 e. The fourth-order valence-electron chi connectivity index (χ4n) is 9.56. The summed E-state index contributed by atoms with van der Waals surface area (Å²) in [6.45, 7) is 13.5. The molecule has 2 saturated heterocycles. The van der Waals surface area contributed by atoms with E-state index in [0.29, 0.717) is 27.9 Å². The van der Waals surface area contributed by atoms with Crippen LogP contribution < -0.4 is 37.6 Å². The number of fused-ring (bicyclic) bond motifs is 4. The number of rotatable bonds is 8. The summed E-state index contributed by atoms with van der Waals surface area (Å²) in [4.78, 5) is 121. The first-order chi connectivity index (χ1) is 37.4. The molecule has 3 aromatic heterocycles. The van der Waals surface area contributed by atoms with Crippen molar-refractivity contribution in [3.05, 3.63) is 109 Å². The molecule has 5 aromatic rings. The van der Waals surface area contributed by atoms with Crippen molar-refractivity contribution in [3.63, 3.8) is 0 Å². The second kappa shape index (κ2) is 24.2. The number of thioether (sulfide) groups is 1. The van der Waals surface area contributed by atoms with Crippen LogP contribution in [-0.2, 0) is 38.4 Å². The molecule has 8 amide bonds. The molecule has 1 unspecified atom stereocenters. The average Bonchev–Trinajstić information content (AvgIpc) is 4.17. The zero-order valence-corrected chi connectivity index (χ0v) is 48.0. The molecular weight excluding hydrogens is 1090 g/mol. The van der Waals surface area contributed by atoms with Crippen LogP contribution in [0.1, 0.15) is 97.0 Å². The molecule has 0 radical (unpaired) electrons. The van der Waals surface area contributed by atoms with Crippen molar-refractivity contribution in [3.8, 4) is 15.4 Å². The summed E-state index contributed by atoms with van der Waals surface area (Å²) in [7, 11) is 0. The maximum atomic E-state index is 14.5. The highest BCUT2D eigenvalue weighted by Gasteiger charge is 2.46. The van der Waals surface area contributed by atoms with Crippen molar-refractivity contribution in [1.82, 2.24) is 51.6 Å². The number of nitrogens with one attached hydrogen (secondary N) is 6. The molecule has 2 aromatic carbocycles. The average molecular weight is 1160 g/mol. The van der Waals surface area contributed by atoms with Crippen LogP contribution >= 0.6 is 46.0 Å². The van der Waals surface area contributed by atoms with Gasteiger partial charge in [-0.25, -0.2) is 0 Å². The highest BCUT2D eigenvalue weighted by Crippen LogP contribution is 2.40. The van der Waals surface area contributed by atoms with E-state index in [2.05, 4.69) is 42.1 Å². The number of aromatic nitrogens is 3. The minimum Gasteiger partial charge on any atom is -0.391 e. The third kappa shape index (κ3) is 13.0. The molecule has 79 heavy (non-hydrogen) atoms. The van der Waals surface area contributed by atoms with Crippen LogP contribution in [0.3, 0.4) is 0 Å². The second-order valence-corrected chi connectivity index (χ2v) is 24.5. The normalized spacial score (nSPS) is 23.8. The first-order valence-corrected chi connectivity index (χ1v) is 28.8. The van der Waals surface area contributed by atoms with Crippen LogP contribution in [0.2, 0.25) is 5.02 Å². The summed E-state index contributed by atoms with van der Waals surface area (Å²) >= 11 is 10.3. The lowest BCUT2D eigenvalue weighted by molar-refractivity contribution is -0.144. The molecule has 0 aliphatic carbocycles. The van der Waals surface area contributed by atoms with E-state index in [1.807, 2.05) is 48.9 Å². The Bertz CT molecular complexity index is 3220. The Kier molecular flexibility index (Phi) is 17.8. The fraction of sp³-hybridized carbons (Fsp3) is 0.426. The number of nitrogens with two attached hydrogens (primary N) is 1. The number of carbonyl (C=O) groups excluding carboxylic acids is 8. The Balaban J connectivity index is 1.09. The van der Waals surface area contributed by atoms with Crippen LogP contribution in [0.4, 0.5) is 0 Å². The van der Waals surface area contributed by atoms with Gasteiger partial charge in [0.2, 0.25) is 47.3 Å². The first kappa shape index (κ1) is 58.2. The van der Waals surface area contributed by atoms with Gasteiger partial charge in [0, 0.05) is 51.2 Å². The standard InChI is InChI=1S/C54H63ClN12O9S3/c1-25-17-18-78-44(25)32-11-9-31(10-12-32)43-51(75)58-27(3)48(72)60-36(49(73)61-37(46(56)71)23-77-24-40(70)62-45(54(6,7)8)52(76)66-22-34(68)19-38(66)50(74)63-43)21-57-39(69)20-35-47-65-64-29(5)67(47)53-41(26(2)28(4)79-53)42(59-35)30-13-15-33(55)16-14-30/h9-18,27,34-38,43,45,68H,19-24H2,1-8H3,(H2,56,71)(H,57,69)(H,58,75)(H,60,72)(H,61,73)(H,62,70)(H,63,74)/t27-,34-,35+,36?,37-,38+,43+,45-/m1/s1. The molecule has 21 nitrogen and oxygen atoms in total. The minimum absolute atomic E-state index is 0.176. The first-order valence-electron chi connectivity index (χ1n) is 25.5. The quantitative estimate of drug-likeness (QED) is 0.111. The van der Waals surface area contributed by atoms with Crippen LogP contribution in [-0.4, -0.2) is 139 Å². The van der Waals surface area contributed by atoms with E-state index < -0.39 is 108 Å². The molecule has 418 valence electrons. The summed E-state index contributed by atoms with van der Waals surface area (Å²) in [6.07, 6.45) is -1.59. The number of primary amides is 1. The lowest BCUT2D eigenvalue weighted by Crippen LogP contribution is -2.60. The van der Waals surface area contributed by atoms with Gasteiger partial charge in [0.1, 0.15) is 53.1 Å². The number of amides is 8. The number of benzene rings is 2. The van der Waals surface area contributed by atoms with Crippen LogP contribution in [0, 0.1) is 33.1 Å². The van der Waals surface area contributed by atoms with Crippen molar-refractivity contribution in [2.75, 3.05) is 24.6 Å². The summed E-state index contributed by atoms with van der Waals surface area (Å²) in [6, 6.07) is 6.83. The molecule has 0 bridgehead atoms. The Morgan fingerprint density at radius 3 is 2.22 bits per heavy atom. The Labute approximate surface area is 473 Å². The van der Waals surface area contributed by atoms with Crippen LogP contribution in [0.5, 0.6) is 0 Å². The molecule has 2 fully saturated rings. The molecule has 9 N–H and O–H groups in total. The summed E-state index contributed by atoms with van der Waals surface area (Å²) in [5.41, 5.74) is 10.3. The summed E-state index contributed by atoms with van der Waals surface area (Å²) < 4.78 is 1.88. The lowest BCUT2D eigenvalue weighted by atomic mass is 9.85. The highest BCUT2D eigenvalue weighted by molar-refractivity contribution is 8.00. The summed E-state index contributed by atoms with van der Waals surface area (Å²) in [5.74, 6) is -5.87. The third-order valence-corrected chi connectivity index (χ3v) is 17.5. The molecular formula is C54H63ClN12O9S3. The van der Waals surface area contributed by atoms with Crippen molar-refractivity contribution in [2.24, 2.45) is 16.1 Å². The monoisotopic (exact) mass is 1150 g/mol. The van der Waals surface area contributed by atoms with E-state index in [0.717, 1.165) is 54.3 Å². The van der Waals surface area contributed by atoms with Gasteiger partial charge in [-0.05, 0) is 85.9 Å². The van der Waals surface area contributed by atoms with Gasteiger partial charge in [-0.3, -0.25) is 47.9 Å². The predicted octanol–water partition coefficient (Wildman–Crippen LogP) is 3.40. The van der Waals surface area contributed by atoms with E-state index in [4.69, 9.17) is 22.3 Å². The van der Waals surface area contributed by atoms with Crippen molar-refractivity contribution < 1.29 is 43.5 Å². The van der Waals surface area contributed by atoms with Gasteiger partial charge in [0.15, 0.2) is 5.82 Å². The number of hydrogen-bond donors (Lipinski definition) is 8. The SMILES string of the molecule is Cc1ccsc1-c1ccc([C@@H]2NC(=O)[C@@H]3C[C@@H](O)CN3C(=O)[C@H](C(C)(C)C)NC(=O)CSC[C@H](C(N)=O)NC(=O)C(CNC(=O)C[C@@H]3N=C(c4ccc(Cl)cc4)c4c(sc(C)c4C)-n4c(C)nnc43)NC(=O)[C@@H](C)NC2=O)cc1. The van der Waals surface area contributed by atoms with Crippen LogP contribution in [0.15, 0.2) is 65.0 Å². The number of carbonyl (C=O) groups is 8. The summed E-state index contributed by atoms with van der Waals surface area (Å²) in [5, 5.41) is 39.1. The Hall–Kier alpha value is -6.99. The van der Waals surface area contributed by atoms with Gasteiger partial charge in [0.05, 0.1) is 24.0 Å². The lowest BCUT2D eigenvalue weighted by Gasteiger charge is -2.35. The maximum Gasteiger partial charge on any atom is 0.247 e. The second-order valence-electron chi connectivity index (χ2n) is 20.9. The number of aryl methyl sites for hydroxylation is 3. The molecule has 0 saturated carbocycles. The third-order valence-electron chi connectivity index (χ3n) is 14.0. The minimum atomic E-state index is -1.59. The van der Waals surface area contributed by atoms with E-state index >= 15 is 0 Å². The number of hydrogen-bond acceptors (Lipinski definition) is 15. The number of aliphatic hydroxyl groups is 1. The smallest absolute Gasteiger partial charge is 0.247 e. The van der Waals surface area contributed by atoms with E-state index in [1.54, 1.807) is 64.1 Å². The maximum absolute atomic E-state index is 14.5. The Morgan fingerprint density at radius 2 is 1.56 bits per heavy atom. The van der Waals surface area contributed by atoms with Crippen molar-refractivity contribution in [2.45, 2.75) is 117 Å². The van der Waals surface area contributed by atoms with Gasteiger partial charge in [0.25, 0.3) is 0 Å². The number of aliphatic hydroxyl groups excluding tert-OH is 1. The number of halogens is 1.